The Morgan fingerprint density at radius 3 is 2.83 bits per heavy atom. The Hall–Kier alpha value is -1.69. The van der Waals surface area contributed by atoms with E-state index in [-0.39, 0.29) is 12.8 Å². The second kappa shape index (κ2) is 5.30. The Morgan fingerprint density at radius 2 is 2.17 bits per heavy atom. The van der Waals surface area contributed by atoms with Gasteiger partial charge in [0.1, 0.15) is 0 Å². The van der Waals surface area contributed by atoms with Gasteiger partial charge in [-0.25, -0.2) is 0 Å². The lowest BCUT2D eigenvalue weighted by molar-refractivity contribution is -0.137. The third-order valence-corrected chi connectivity index (χ3v) is 2.77. The number of rotatable bonds is 4. The SMILES string of the molecule is Cc1cc(Br)cc(-c2nnc(CCC(=O)O)o2)c1. The average molecular weight is 311 g/mol. The third kappa shape index (κ3) is 3.16. The maximum Gasteiger partial charge on any atom is 0.303 e. The Labute approximate surface area is 112 Å². The maximum atomic E-state index is 10.4. The van der Waals surface area contributed by atoms with Crippen molar-refractivity contribution in [2.24, 2.45) is 0 Å². The number of hydrogen-bond donors (Lipinski definition) is 1. The summed E-state index contributed by atoms with van der Waals surface area (Å²) in [6, 6.07) is 5.78. The molecule has 1 N–H and O–H groups in total. The van der Waals surface area contributed by atoms with Gasteiger partial charge >= 0.3 is 5.97 Å². The summed E-state index contributed by atoms with van der Waals surface area (Å²) in [7, 11) is 0. The number of benzene rings is 1. The van der Waals surface area contributed by atoms with Crippen LogP contribution in [0.4, 0.5) is 0 Å². The number of aryl methyl sites for hydroxylation is 2. The molecule has 2 aromatic rings. The van der Waals surface area contributed by atoms with Gasteiger partial charge in [-0.05, 0) is 30.7 Å². The zero-order chi connectivity index (χ0) is 13.1. The molecule has 0 amide bonds. The molecule has 0 spiro atoms. The summed E-state index contributed by atoms with van der Waals surface area (Å²) in [5.74, 6) is -0.141. The van der Waals surface area contributed by atoms with Crippen LogP contribution in [0.25, 0.3) is 11.5 Å². The monoisotopic (exact) mass is 310 g/mol. The second-order valence-corrected chi connectivity index (χ2v) is 4.83. The molecule has 6 heteroatoms. The van der Waals surface area contributed by atoms with E-state index in [2.05, 4.69) is 26.1 Å². The fourth-order valence-corrected chi connectivity index (χ4v) is 2.15. The lowest BCUT2D eigenvalue weighted by atomic mass is 10.1. The fourth-order valence-electron chi connectivity index (χ4n) is 1.54. The summed E-state index contributed by atoms with van der Waals surface area (Å²) in [5, 5.41) is 16.3. The standard InChI is InChI=1S/C12H11BrN2O3/c1-7-4-8(6-9(13)5-7)12-15-14-10(18-12)2-3-11(16)17/h4-6H,2-3H2,1H3,(H,16,17). The molecule has 2 rings (SSSR count). The molecule has 0 bridgehead atoms. The van der Waals surface area contributed by atoms with Crippen molar-refractivity contribution < 1.29 is 14.3 Å². The Kier molecular flexibility index (Phi) is 3.76. The van der Waals surface area contributed by atoms with Crippen LogP contribution >= 0.6 is 15.9 Å². The minimum Gasteiger partial charge on any atom is -0.481 e. The van der Waals surface area contributed by atoms with E-state index in [0.29, 0.717) is 11.8 Å². The van der Waals surface area contributed by atoms with Gasteiger partial charge in [0.25, 0.3) is 0 Å². The van der Waals surface area contributed by atoms with Crippen molar-refractivity contribution in [3.8, 4) is 11.5 Å². The molecule has 0 unspecified atom stereocenters. The van der Waals surface area contributed by atoms with Crippen molar-refractivity contribution in [3.63, 3.8) is 0 Å². The van der Waals surface area contributed by atoms with Crippen LogP contribution in [-0.2, 0) is 11.2 Å². The van der Waals surface area contributed by atoms with Crippen LogP contribution in [0, 0.1) is 6.92 Å². The summed E-state index contributed by atoms with van der Waals surface area (Å²) >= 11 is 3.40. The molecule has 18 heavy (non-hydrogen) atoms. The molecular weight excluding hydrogens is 300 g/mol. The van der Waals surface area contributed by atoms with E-state index in [0.717, 1.165) is 15.6 Å². The first kappa shape index (κ1) is 12.8. The lowest BCUT2D eigenvalue weighted by Crippen LogP contribution is -1.97. The molecule has 0 radical (unpaired) electrons. The summed E-state index contributed by atoms with van der Waals surface area (Å²) in [6.45, 7) is 1.97. The topological polar surface area (TPSA) is 76.2 Å². The van der Waals surface area contributed by atoms with Gasteiger partial charge in [-0.2, -0.15) is 0 Å². The van der Waals surface area contributed by atoms with Crippen LogP contribution in [0.3, 0.4) is 0 Å². The molecule has 0 atom stereocenters. The van der Waals surface area contributed by atoms with Crippen LogP contribution in [0.15, 0.2) is 27.1 Å². The number of aromatic nitrogens is 2. The number of aliphatic carboxylic acids is 1. The van der Waals surface area contributed by atoms with Crippen LogP contribution in [-0.4, -0.2) is 21.3 Å². The number of carboxylic acids is 1. The summed E-state index contributed by atoms with van der Waals surface area (Å²) in [4.78, 5) is 10.4. The quantitative estimate of drug-likeness (QED) is 0.939. The molecule has 94 valence electrons. The lowest BCUT2D eigenvalue weighted by Gasteiger charge is -1.99. The van der Waals surface area contributed by atoms with E-state index < -0.39 is 5.97 Å². The van der Waals surface area contributed by atoms with E-state index in [1.807, 2.05) is 25.1 Å². The number of carboxylic acid groups (broad SMARTS) is 1. The van der Waals surface area contributed by atoms with Crippen LogP contribution in [0.2, 0.25) is 0 Å². The minimum atomic E-state index is -0.881. The van der Waals surface area contributed by atoms with Crippen molar-refractivity contribution in [1.29, 1.82) is 0 Å². The van der Waals surface area contributed by atoms with E-state index in [1.54, 1.807) is 0 Å². The van der Waals surface area contributed by atoms with Gasteiger partial charge in [-0.1, -0.05) is 15.9 Å². The van der Waals surface area contributed by atoms with E-state index in [9.17, 15) is 4.79 Å². The molecule has 0 fully saturated rings. The van der Waals surface area contributed by atoms with E-state index >= 15 is 0 Å². The summed E-state index contributed by atoms with van der Waals surface area (Å²) < 4.78 is 6.36. The normalized spacial score (nSPS) is 10.6. The van der Waals surface area contributed by atoms with Gasteiger partial charge in [-0.15, -0.1) is 10.2 Å². The zero-order valence-electron chi connectivity index (χ0n) is 9.68. The largest absolute Gasteiger partial charge is 0.481 e. The Bertz CT molecular complexity index is 560. The highest BCUT2D eigenvalue weighted by atomic mass is 79.9. The van der Waals surface area contributed by atoms with Crippen LogP contribution < -0.4 is 0 Å². The molecule has 0 saturated carbocycles. The first-order chi connectivity index (χ1) is 8.54. The highest BCUT2D eigenvalue weighted by Gasteiger charge is 2.10. The van der Waals surface area contributed by atoms with E-state index in [1.165, 1.54) is 0 Å². The first-order valence-electron chi connectivity index (χ1n) is 5.36. The van der Waals surface area contributed by atoms with Gasteiger partial charge in [0.05, 0.1) is 6.42 Å². The smallest absolute Gasteiger partial charge is 0.303 e. The molecule has 0 aliphatic heterocycles. The van der Waals surface area contributed by atoms with Crippen molar-refractivity contribution >= 4 is 21.9 Å². The van der Waals surface area contributed by atoms with Crippen LogP contribution in [0.5, 0.6) is 0 Å². The van der Waals surface area contributed by atoms with Crippen molar-refractivity contribution in [2.75, 3.05) is 0 Å². The second-order valence-electron chi connectivity index (χ2n) is 3.91. The molecule has 0 aliphatic carbocycles. The maximum absolute atomic E-state index is 10.4. The van der Waals surface area contributed by atoms with Crippen LogP contribution in [0.1, 0.15) is 17.9 Å². The average Bonchev–Trinajstić information content (AvgIpc) is 2.73. The van der Waals surface area contributed by atoms with E-state index in [4.69, 9.17) is 9.52 Å². The molecule has 1 aromatic carbocycles. The molecule has 0 saturated heterocycles. The number of halogens is 1. The molecule has 0 aliphatic rings. The van der Waals surface area contributed by atoms with Gasteiger partial charge in [0.15, 0.2) is 0 Å². The third-order valence-electron chi connectivity index (χ3n) is 2.31. The molecule has 1 aromatic heterocycles. The first-order valence-corrected chi connectivity index (χ1v) is 6.15. The Balaban J connectivity index is 2.21. The molecular formula is C12H11BrN2O3. The van der Waals surface area contributed by atoms with Crippen molar-refractivity contribution in [1.82, 2.24) is 10.2 Å². The fraction of sp³-hybridized carbons (Fsp3) is 0.250. The number of nitrogens with zero attached hydrogens (tertiary/aromatic N) is 2. The van der Waals surface area contributed by atoms with Crippen molar-refractivity contribution in [3.05, 3.63) is 34.1 Å². The Morgan fingerprint density at radius 1 is 1.39 bits per heavy atom. The highest BCUT2D eigenvalue weighted by Crippen LogP contribution is 2.24. The summed E-state index contributed by atoms with van der Waals surface area (Å²) in [6.07, 6.45) is 0.231. The highest BCUT2D eigenvalue weighted by molar-refractivity contribution is 9.10. The summed E-state index contributed by atoms with van der Waals surface area (Å²) in [5.41, 5.74) is 1.89. The number of carbonyl (C=O) groups is 1. The molecule has 1 heterocycles. The van der Waals surface area contributed by atoms with Gasteiger partial charge < -0.3 is 9.52 Å². The zero-order valence-corrected chi connectivity index (χ0v) is 11.3. The minimum absolute atomic E-state index is 0.0147. The van der Waals surface area contributed by atoms with Gasteiger partial charge in [-0.3, -0.25) is 4.79 Å². The molecule has 5 nitrogen and oxygen atoms in total. The predicted molar refractivity (Wildman–Crippen MR) is 68.1 cm³/mol. The predicted octanol–water partition coefficient (Wildman–Crippen LogP) is 2.82. The number of hydrogen-bond acceptors (Lipinski definition) is 4. The van der Waals surface area contributed by atoms with Gasteiger partial charge in [0, 0.05) is 16.5 Å². The van der Waals surface area contributed by atoms with Crippen molar-refractivity contribution in [2.45, 2.75) is 19.8 Å². The van der Waals surface area contributed by atoms with Gasteiger partial charge in [0.2, 0.25) is 11.8 Å².